The van der Waals surface area contributed by atoms with Gasteiger partial charge < -0.3 is 15.7 Å². The molecule has 0 radical (unpaired) electrons. The van der Waals surface area contributed by atoms with Crippen LogP contribution < -0.4 is 46.3 Å². The first-order chi connectivity index (χ1) is 10.7. The van der Waals surface area contributed by atoms with Crippen molar-refractivity contribution in [1.82, 2.24) is 5.32 Å². The number of halogens is 2. The molecule has 0 amide bonds. The SMILES string of the molecule is CCCCN=C(N)NC(=N)N.Cc1ccc(S(=O)(=O)[N-]Cl)cc1.Cl.[Na+]. The Morgan fingerprint density at radius 3 is 2.24 bits per heavy atom. The van der Waals surface area contributed by atoms with Crippen molar-refractivity contribution in [3.8, 4) is 0 Å². The number of nitrogens with two attached hydrogens (primary N) is 2. The number of aryl methyl sites for hydroxylation is 1. The van der Waals surface area contributed by atoms with Gasteiger partial charge in [-0.05, 0) is 25.5 Å². The van der Waals surface area contributed by atoms with Crippen molar-refractivity contribution >= 4 is 46.1 Å². The summed E-state index contributed by atoms with van der Waals surface area (Å²) in [6.45, 7) is 4.63. The number of sulfonamides is 1. The molecule has 1 rings (SSSR count). The molecule has 6 N–H and O–H groups in total. The van der Waals surface area contributed by atoms with E-state index in [4.69, 9.17) is 28.7 Å². The second kappa shape index (κ2) is 15.7. The molecule has 0 unspecified atom stereocenters. The third-order valence-corrected chi connectivity index (χ3v) is 4.06. The maximum absolute atomic E-state index is 11.0. The van der Waals surface area contributed by atoms with Gasteiger partial charge in [-0.2, -0.15) is 0 Å². The first kappa shape index (κ1) is 29.2. The van der Waals surface area contributed by atoms with E-state index in [2.05, 4.69) is 21.5 Å². The fourth-order valence-corrected chi connectivity index (χ4v) is 2.08. The molecule has 0 aromatic heterocycles. The molecule has 1 aromatic carbocycles. The molecule has 0 aliphatic carbocycles. The summed E-state index contributed by atoms with van der Waals surface area (Å²) in [4.78, 5) is 4.03. The smallest absolute Gasteiger partial charge is 0.458 e. The topological polar surface area (TPSA) is 149 Å². The van der Waals surface area contributed by atoms with Crippen LogP contribution in [-0.2, 0) is 10.0 Å². The van der Waals surface area contributed by atoms with E-state index in [1.165, 1.54) is 12.1 Å². The van der Waals surface area contributed by atoms with Crippen molar-refractivity contribution in [2.24, 2.45) is 16.5 Å². The predicted octanol–water partition coefficient (Wildman–Crippen LogP) is -0.779. The summed E-state index contributed by atoms with van der Waals surface area (Å²) in [5.74, 6) is 0.0358. The summed E-state index contributed by atoms with van der Waals surface area (Å²) in [7, 11) is -3.62. The van der Waals surface area contributed by atoms with Crippen molar-refractivity contribution in [3.05, 3.63) is 34.1 Å². The standard InChI is InChI=1S/C7H7ClNO2S.C6H15N5.ClH.Na/c1-6-2-4-7(5-3-6)12(10,11)9-8;1-2-3-4-10-6(9)11-5(7)8;;/h2-5H,1H3;2-4H2,1H3,(H6,7,8,9,10,11);1H;/q-1;;;+1. The third kappa shape index (κ3) is 14.3. The molecule has 0 saturated carbocycles. The molecule has 0 fully saturated rings. The van der Waals surface area contributed by atoms with Gasteiger partial charge >= 0.3 is 29.6 Å². The van der Waals surface area contributed by atoms with Crippen molar-refractivity contribution < 1.29 is 38.0 Å². The molecule has 0 aliphatic rings. The molecular formula is C13H23Cl2N6NaO2S. The van der Waals surface area contributed by atoms with Crippen LogP contribution in [0, 0.1) is 12.3 Å². The molecule has 12 heteroatoms. The van der Waals surface area contributed by atoms with Crippen LogP contribution >= 0.6 is 24.2 Å². The van der Waals surface area contributed by atoms with Crippen LogP contribution in [0.4, 0.5) is 0 Å². The maximum atomic E-state index is 11.0. The summed E-state index contributed by atoms with van der Waals surface area (Å²) in [5, 5.41) is 9.20. The molecule has 0 spiro atoms. The second-order valence-corrected chi connectivity index (χ2v) is 6.49. The monoisotopic (exact) mass is 420 g/mol. The zero-order chi connectivity index (χ0) is 17.9. The Hall–Kier alpha value is -0.550. The molecule has 0 aliphatic heterocycles. The first-order valence-electron chi connectivity index (χ1n) is 6.78. The number of aliphatic imine (C=N–C) groups is 1. The van der Waals surface area contributed by atoms with E-state index < -0.39 is 10.0 Å². The van der Waals surface area contributed by atoms with E-state index in [9.17, 15) is 8.42 Å². The minimum atomic E-state index is -3.62. The zero-order valence-electron chi connectivity index (χ0n) is 14.5. The average Bonchev–Trinajstić information content (AvgIpc) is 2.48. The quantitative estimate of drug-likeness (QED) is 0.213. The molecule has 1 aromatic rings. The van der Waals surface area contributed by atoms with Gasteiger partial charge in [-0.25, -0.2) is 8.42 Å². The number of guanidine groups is 2. The van der Waals surface area contributed by atoms with Gasteiger partial charge in [0.15, 0.2) is 11.9 Å². The molecule has 0 heterocycles. The number of unbranched alkanes of at least 4 members (excludes halogenated alkanes) is 1. The third-order valence-electron chi connectivity index (χ3n) is 2.47. The van der Waals surface area contributed by atoms with Crippen LogP contribution in [-0.4, -0.2) is 26.9 Å². The Morgan fingerprint density at radius 1 is 1.32 bits per heavy atom. The van der Waals surface area contributed by atoms with Crippen LogP contribution in [0.2, 0.25) is 0 Å². The molecule has 138 valence electrons. The van der Waals surface area contributed by atoms with Crippen LogP contribution in [0.1, 0.15) is 25.3 Å². The summed E-state index contributed by atoms with van der Waals surface area (Å²) in [6, 6.07) is 6.32. The minimum absolute atomic E-state index is 0. The van der Waals surface area contributed by atoms with Gasteiger partial charge in [-0.3, -0.25) is 27.5 Å². The Bertz CT molecular complexity index is 626. The fourth-order valence-electron chi connectivity index (χ4n) is 1.29. The van der Waals surface area contributed by atoms with Crippen LogP contribution in [0.15, 0.2) is 34.2 Å². The van der Waals surface area contributed by atoms with E-state index in [0.717, 1.165) is 18.4 Å². The number of nitrogens with one attached hydrogen (secondary N) is 2. The molecular weight excluding hydrogens is 398 g/mol. The van der Waals surface area contributed by atoms with Crippen molar-refractivity contribution in [1.29, 1.82) is 5.41 Å². The Labute approximate surface area is 182 Å². The van der Waals surface area contributed by atoms with Gasteiger partial charge in [0.25, 0.3) is 0 Å². The number of nitrogens with zero attached hydrogens (tertiary/aromatic N) is 2. The Balaban J connectivity index is -0.000000360. The minimum Gasteiger partial charge on any atom is -0.458 e. The average molecular weight is 421 g/mol. The van der Waals surface area contributed by atoms with E-state index in [1.807, 2.05) is 6.92 Å². The number of rotatable bonds is 5. The van der Waals surface area contributed by atoms with Gasteiger partial charge in [0.2, 0.25) is 0 Å². The van der Waals surface area contributed by atoms with Crippen LogP contribution in [0.25, 0.3) is 4.24 Å². The normalized spacial score (nSPS) is 10.4. The van der Waals surface area contributed by atoms with Gasteiger partial charge in [0.05, 0.1) is 0 Å². The second-order valence-electron chi connectivity index (χ2n) is 4.52. The van der Waals surface area contributed by atoms with E-state index in [1.54, 1.807) is 12.1 Å². The van der Waals surface area contributed by atoms with E-state index >= 15 is 0 Å². The van der Waals surface area contributed by atoms with Crippen molar-refractivity contribution in [2.45, 2.75) is 31.6 Å². The van der Waals surface area contributed by atoms with E-state index in [-0.39, 0.29) is 58.8 Å². The molecule has 0 saturated heterocycles. The Morgan fingerprint density at radius 2 is 1.84 bits per heavy atom. The summed E-state index contributed by atoms with van der Waals surface area (Å²) < 4.78 is 24.8. The molecule has 0 atom stereocenters. The van der Waals surface area contributed by atoms with Crippen molar-refractivity contribution in [3.63, 3.8) is 0 Å². The van der Waals surface area contributed by atoms with Crippen LogP contribution in [0.3, 0.4) is 0 Å². The number of hydrogen-bond donors (Lipinski definition) is 4. The van der Waals surface area contributed by atoms with Gasteiger partial charge in [0.1, 0.15) is 10.0 Å². The maximum Gasteiger partial charge on any atom is 1.00 e. The van der Waals surface area contributed by atoms with Crippen LogP contribution in [0.5, 0.6) is 0 Å². The summed E-state index contributed by atoms with van der Waals surface area (Å²) in [6.07, 6.45) is 2.08. The molecule has 0 bridgehead atoms. The van der Waals surface area contributed by atoms with Gasteiger partial charge in [-0.15, -0.1) is 12.4 Å². The largest absolute Gasteiger partial charge is 1.00 e. The fraction of sp³-hybridized carbons (Fsp3) is 0.385. The molecule has 8 nitrogen and oxygen atoms in total. The van der Waals surface area contributed by atoms with Crippen molar-refractivity contribution in [2.75, 3.05) is 6.54 Å². The number of hydrogen-bond acceptors (Lipinski definition) is 4. The zero-order valence-corrected chi connectivity index (χ0v) is 18.9. The first-order valence-corrected chi connectivity index (χ1v) is 8.56. The summed E-state index contributed by atoms with van der Waals surface area (Å²) in [5.41, 5.74) is 11.3. The van der Waals surface area contributed by atoms with Gasteiger partial charge in [-0.1, -0.05) is 31.0 Å². The van der Waals surface area contributed by atoms with Gasteiger partial charge in [0, 0.05) is 11.4 Å². The Kier molecular flexibility index (Phi) is 18.3. The predicted molar refractivity (Wildman–Crippen MR) is 101 cm³/mol. The number of benzene rings is 1. The van der Waals surface area contributed by atoms with E-state index in [0.29, 0.717) is 6.54 Å². The summed E-state index contributed by atoms with van der Waals surface area (Å²) >= 11 is 4.90. The molecule has 25 heavy (non-hydrogen) atoms.